The zero-order valence-electron chi connectivity index (χ0n) is 21.0. The van der Waals surface area contributed by atoms with E-state index in [-0.39, 0.29) is 46.8 Å². The van der Waals surface area contributed by atoms with Gasteiger partial charge in [-0.25, -0.2) is 4.39 Å². The topological polar surface area (TPSA) is 52.6 Å². The Bertz CT molecular complexity index is 888. The number of allylic oxidation sites excluding steroid dienone is 3. The number of fused-ring (bicyclic) bond motifs is 2. The van der Waals surface area contributed by atoms with Crippen molar-refractivity contribution < 1.29 is 23.5 Å². The molecule has 0 N–H and O–H groups in total. The first-order valence-corrected chi connectivity index (χ1v) is 12.6. The van der Waals surface area contributed by atoms with Crippen molar-refractivity contribution in [2.45, 2.75) is 70.8 Å². The van der Waals surface area contributed by atoms with Crippen molar-refractivity contribution in [3.63, 3.8) is 0 Å². The van der Waals surface area contributed by atoms with E-state index in [1.54, 1.807) is 6.08 Å². The maximum atomic E-state index is 13.6. The molecular formula is C29H39FO4. The molecule has 0 spiro atoms. The number of benzene rings is 1. The lowest BCUT2D eigenvalue weighted by Crippen LogP contribution is -2.39. The van der Waals surface area contributed by atoms with Gasteiger partial charge in [0, 0.05) is 23.7 Å². The van der Waals surface area contributed by atoms with Gasteiger partial charge in [0.2, 0.25) is 0 Å². The largest absolute Gasteiger partial charge is 0.469 e. The van der Waals surface area contributed by atoms with Crippen LogP contribution in [0.2, 0.25) is 0 Å². The summed E-state index contributed by atoms with van der Waals surface area (Å²) < 4.78 is 24.5. The number of ketones is 1. The molecular weight excluding hydrogens is 431 g/mol. The summed E-state index contributed by atoms with van der Waals surface area (Å²) in [5.41, 5.74) is 0.923. The molecule has 0 aromatic heterocycles. The second kappa shape index (κ2) is 11.9. The molecule has 1 unspecified atom stereocenters. The van der Waals surface area contributed by atoms with E-state index in [2.05, 4.69) is 32.1 Å². The van der Waals surface area contributed by atoms with Gasteiger partial charge in [-0.1, -0.05) is 51.1 Å². The van der Waals surface area contributed by atoms with E-state index in [4.69, 9.17) is 9.47 Å². The Morgan fingerprint density at radius 2 is 1.94 bits per heavy atom. The molecule has 1 saturated carbocycles. The number of carbonyl (C=O) groups excluding carboxylic acids is 2. The molecule has 1 heterocycles. The van der Waals surface area contributed by atoms with Gasteiger partial charge in [0.05, 0.1) is 19.8 Å². The summed E-state index contributed by atoms with van der Waals surface area (Å²) in [5.74, 6) is 0.635. The highest BCUT2D eigenvalue weighted by atomic mass is 19.1. The van der Waals surface area contributed by atoms with Crippen LogP contribution in [0.25, 0.3) is 0 Å². The molecule has 1 saturated heterocycles. The average molecular weight is 471 g/mol. The summed E-state index contributed by atoms with van der Waals surface area (Å²) in [6.45, 7) is 6.89. The zero-order chi connectivity index (χ0) is 24.7. The third-order valence-electron chi connectivity index (χ3n) is 7.47. The SMILES string of the molecule is COC(=O)CCC/C=C\C[C@H]1[C@H](/C=C/C(=O)C(C)CC(C)C)[C@@H]2C[C@@]1(c1ccc(F)cc1)CO2. The van der Waals surface area contributed by atoms with Crippen LogP contribution in [0.5, 0.6) is 0 Å². The maximum absolute atomic E-state index is 13.6. The minimum Gasteiger partial charge on any atom is -0.469 e. The lowest BCUT2D eigenvalue weighted by Gasteiger charge is -2.38. The van der Waals surface area contributed by atoms with Gasteiger partial charge >= 0.3 is 5.97 Å². The van der Waals surface area contributed by atoms with Gasteiger partial charge < -0.3 is 9.47 Å². The molecule has 1 aromatic rings. The molecule has 0 radical (unpaired) electrons. The van der Waals surface area contributed by atoms with Gasteiger partial charge in [-0.05, 0) is 67.7 Å². The van der Waals surface area contributed by atoms with Gasteiger partial charge in [-0.3, -0.25) is 9.59 Å². The molecule has 186 valence electrons. The number of halogens is 1. The number of hydrogen-bond donors (Lipinski definition) is 0. The molecule has 2 aliphatic rings. The Morgan fingerprint density at radius 3 is 2.62 bits per heavy atom. The van der Waals surface area contributed by atoms with E-state index in [1.165, 1.54) is 19.2 Å². The van der Waals surface area contributed by atoms with Gasteiger partial charge in [-0.2, -0.15) is 0 Å². The van der Waals surface area contributed by atoms with Gasteiger partial charge in [0.1, 0.15) is 5.82 Å². The first-order valence-electron chi connectivity index (χ1n) is 12.6. The standard InChI is InChI=1S/C29H39FO4/c1-20(2)17-21(3)26(31)16-15-24-25(9-7-5-6-8-10-28(32)33-4)29(18-27(24)34-19-29)22-11-13-23(30)14-12-22/h5,7,11-16,20-21,24-25,27H,6,8-10,17-19H2,1-4H3/b7-5-,16-15+/t21?,24-,25-,27-,29-/m0/s1. The van der Waals surface area contributed by atoms with Gasteiger partial charge in [0.25, 0.3) is 0 Å². The van der Waals surface area contributed by atoms with Crippen LogP contribution >= 0.6 is 0 Å². The molecule has 5 atom stereocenters. The minimum atomic E-state index is -0.239. The van der Waals surface area contributed by atoms with Gasteiger partial charge in [-0.15, -0.1) is 0 Å². The summed E-state index contributed by atoms with van der Waals surface area (Å²) in [6.07, 6.45) is 12.8. The molecule has 1 aromatic carbocycles. The number of esters is 1. The molecule has 2 bridgehead atoms. The van der Waals surface area contributed by atoms with Crippen molar-refractivity contribution in [3.05, 3.63) is 60.0 Å². The average Bonchev–Trinajstić information content (AvgIpc) is 3.37. The number of hydrogen-bond acceptors (Lipinski definition) is 4. The Hall–Kier alpha value is -2.27. The molecule has 4 nitrogen and oxygen atoms in total. The Kier molecular flexibility index (Phi) is 9.24. The fourth-order valence-electron chi connectivity index (χ4n) is 5.72. The Morgan fingerprint density at radius 1 is 1.21 bits per heavy atom. The van der Waals surface area contributed by atoms with Crippen LogP contribution in [0, 0.1) is 29.5 Å². The molecule has 1 aliphatic heterocycles. The fraction of sp³-hybridized carbons (Fsp3) is 0.586. The number of unbranched alkanes of at least 4 members (excludes halogenated alkanes) is 1. The van der Waals surface area contributed by atoms with E-state index < -0.39 is 0 Å². The van der Waals surface area contributed by atoms with Crippen LogP contribution in [0.4, 0.5) is 4.39 Å². The van der Waals surface area contributed by atoms with Crippen molar-refractivity contribution in [1.82, 2.24) is 0 Å². The fourth-order valence-corrected chi connectivity index (χ4v) is 5.72. The second-order valence-electron chi connectivity index (χ2n) is 10.4. The van der Waals surface area contributed by atoms with E-state index in [1.807, 2.05) is 19.1 Å². The molecule has 34 heavy (non-hydrogen) atoms. The summed E-state index contributed by atoms with van der Waals surface area (Å²) in [4.78, 5) is 24.0. The number of methoxy groups -OCH3 is 1. The lowest BCUT2D eigenvalue weighted by molar-refractivity contribution is -0.140. The minimum absolute atomic E-state index is 0.00924. The van der Waals surface area contributed by atoms with Crippen LogP contribution in [0.15, 0.2) is 48.6 Å². The summed E-state index contributed by atoms with van der Waals surface area (Å²) in [6, 6.07) is 6.82. The van der Waals surface area contributed by atoms with E-state index in [0.717, 1.165) is 37.7 Å². The highest BCUT2D eigenvalue weighted by Gasteiger charge is 2.58. The third-order valence-corrected chi connectivity index (χ3v) is 7.47. The van der Waals surface area contributed by atoms with Gasteiger partial charge in [0.15, 0.2) is 5.78 Å². The quantitative estimate of drug-likeness (QED) is 0.158. The first-order chi connectivity index (χ1) is 16.3. The second-order valence-corrected chi connectivity index (χ2v) is 10.4. The summed E-state index contributed by atoms with van der Waals surface area (Å²) in [5, 5.41) is 0. The monoisotopic (exact) mass is 470 g/mol. The molecule has 0 amide bonds. The molecule has 5 heteroatoms. The van der Waals surface area contributed by atoms with E-state index in [0.29, 0.717) is 18.9 Å². The zero-order valence-corrected chi connectivity index (χ0v) is 21.0. The van der Waals surface area contributed by atoms with Crippen molar-refractivity contribution >= 4 is 11.8 Å². The first kappa shape index (κ1) is 26.3. The molecule has 3 rings (SSSR count). The third kappa shape index (κ3) is 6.24. The van der Waals surface area contributed by atoms with Crippen LogP contribution in [0.3, 0.4) is 0 Å². The van der Waals surface area contributed by atoms with Crippen molar-refractivity contribution in [3.8, 4) is 0 Å². The van der Waals surface area contributed by atoms with E-state index >= 15 is 0 Å². The number of rotatable bonds is 12. The highest BCUT2D eigenvalue weighted by Crippen LogP contribution is 2.57. The van der Waals surface area contributed by atoms with Crippen LogP contribution in [-0.4, -0.2) is 31.6 Å². The van der Waals surface area contributed by atoms with E-state index in [9.17, 15) is 14.0 Å². The predicted molar refractivity (Wildman–Crippen MR) is 132 cm³/mol. The molecule has 2 fully saturated rings. The smallest absolute Gasteiger partial charge is 0.305 e. The summed E-state index contributed by atoms with van der Waals surface area (Å²) >= 11 is 0. The number of carbonyl (C=O) groups is 2. The van der Waals surface area contributed by atoms with Crippen molar-refractivity contribution in [2.75, 3.05) is 13.7 Å². The number of ether oxygens (including phenoxy) is 2. The van der Waals surface area contributed by atoms with Crippen molar-refractivity contribution in [2.24, 2.45) is 23.7 Å². The van der Waals surface area contributed by atoms with Crippen molar-refractivity contribution in [1.29, 1.82) is 0 Å². The highest BCUT2D eigenvalue weighted by molar-refractivity contribution is 5.91. The normalized spacial score (nSPS) is 27.2. The maximum Gasteiger partial charge on any atom is 0.305 e. The Labute approximate surface area is 203 Å². The van der Waals surface area contributed by atoms with Crippen LogP contribution < -0.4 is 0 Å². The van der Waals surface area contributed by atoms with Crippen LogP contribution in [0.1, 0.15) is 64.9 Å². The van der Waals surface area contributed by atoms with Crippen LogP contribution in [-0.2, 0) is 24.5 Å². The molecule has 1 aliphatic carbocycles. The predicted octanol–water partition coefficient (Wildman–Crippen LogP) is 6.20. The summed E-state index contributed by atoms with van der Waals surface area (Å²) in [7, 11) is 1.41. The lowest BCUT2D eigenvalue weighted by atomic mass is 9.69. The Balaban J connectivity index is 1.76.